The number of carbonyl (C=O) groups is 1. The summed E-state index contributed by atoms with van der Waals surface area (Å²) in [6.45, 7) is 8.22. The van der Waals surface area contributed by atoms with Crippen molar-refractivity contribution >= 4 is 33.5 Å². The van der Waals surface area contributed by atoms with Gasteiger partial charge in [0, 0.05) is 19.8 Å². The molecule has 0 aliphatic carbocycles. The molecule has 0 amide bonds. The Morgan fingerprint density at radius 3 is 2.19 bits per heavy atom. The predicted octanol–water partition coefficient (Wildman–Crippen LogP) is 6.10. The minimum Gasteiger partial charge on any atom is -0.294 e. The third-order valence-electron chi connectivity index (χ3n) is 3.27. The fourth-order valence-corrected chi connectivity index (χ4v) is 3.35. The molecule has 0 aromatic heterocycles. The molecular formula is C18H19BrOS. The lowest BCUT2D eigenvalue weighted by Crippen LogP contribution is -2.10. The number of halogens is 1. The Bertz CT molecular complexity index is 654. The maximum atomic E-state index is 11.8. The van der Waals surface area contributed by atoms with Crippen molar-refractivity contribution in [3.63, 3.8) is 0 Å². The van der Waals surface area contributed by atoms with Gasteiger partial charge in [0.25, 0.3) is 0 Å². The van der Waals surface area contributed by atoms with Gasteiger partial charge in [-0.15, -0.1) is 0 Å². The molecule has 0 saturated heterocycles. The van der Waals surface area contributed by atoms with Crippen LogP contribution in [0.15, 0.2) is 56.7 Å². The van der Waals surface area contributed by atoms with Crippen molar-refractivity contribution in [2.75, 3.05) is 0 Å². The van der Waals surface area contributed by atoms with Crippen LogP contribution in [0.25, 0.3) is 0 Å². The zero-order valence-electron chi connectivity index (χ0n) is 12.7. The number of carbonyl (C=O) groups excluding carboxylic acids is 1. The van der Waals surface area contributed by atoms with Gasteiger partial charge in [0.05, 0.1) is 0 Å². The van der Waals surface area contributed by atoms with E-state index >= 15 is 0 Å². The molecular weight excluding hydrogens is 344 g/mol. The molecule has 0 heterocycles. The van der Waals surface area contributed by atoms with Crippen molar-refractivity contribution in [1.82, 2.24) is 0 Å². The Hall–Kier alpha value is -1.06. The summed E-state index contributed by atoms with van der Waals surface area (Å²) >= 11 is 5.05. The molecule has 0 fully saturated rings. The standard InChI is InChI=1S/C18H19BrOS/c1-12(20)16-11-14(19)7-10-17(16)21-15-8-5-13(6-9-15)18(2,3)4/h5-11H,1-4H3. The Balaban J connectivity index is 2.28. The lowest BCUT2D eigenvalue weighted by molar-refractivity contribution is 0.101. The highest BCUT2D eigenvalue weighted by Gasteiger charge is 2.14. The minimum absolute atomic E-state index is 0.0881. The summed E-state index contributed by atoms with van der Waals surface area (Å²) in [5.74, 6) is 0.0881. The summed E-state index contributed by atoms with van der Waals surface area (Å²) in [5.41, 5.74) is 2.23. The van der Waals surface area contributed by atoms with Crippen molar-refractivity contribution in [1.29, 1.82) is 0 Å². The largest absolute Gasteiger partial charge is 0.294 e. The van der Waals surface area contributed by atoms with Crippen LogP contribution in [0.4, 0.5) is 0 Å². The van der Waals surface area contributed by atoms with Gasteiger partial charge in [0.15, 0.2) is 5.78 Å². The summed E-state index contributed by atoms with van der Waals surface area (Å²) < 4.78 is 0.931. The first-order valence-corrected chi connectivity index (χ1v) is 8.47. The van der Waals surface area contributed by atoms with E-state index in [1.54, 1.807) is 18.7 Å². The van der Waals surface area contributed by atoms with E-state index in [9.17, 15) is 4.79 Å². The van der Waals surface area contributed by atoms with Crippen LogP contribution in [-0.4, -0.2) is 5.78 Å². The second kappa shape index (κ2) is 6.37. The molecule has 2 rings (SSSR count). The zero-order chi connectivity index (χ0) is 15.6. The molecule has 21 heavy (non-hydrogen) atoms. The molecule has 0 aliphatic heterocycles. The van der Waals surface area contributed by atoms with Gasteiger partial charge >= 0.3 is 0 Å². The predicted molar refractivity (Wildman–Crippen MR) is 93.4 cm³/mol. The quantitative estimate of drug-likeness (QED) is 0.613. The van der Waals surface area contributed by atoms with Gasteiger partial charge in [0.2, 0.25) is 0 Å². The third-order valence-corrected chi connectivity index (χ3v) is 4.85. The lowest BCUT2D eigenvalue weighted by Gasteiger charge is -2.19. The average Bonchev–Trinajstić information content (AvgIpc) is 2.40. The SMILES string of the molecule is CC(=O)c1cc(Br)ccc1Sc1ccc(C(C)(C)C)cc1. The Labute approximate surface area is 139 Å². The van der Waals surface area contributed by atoms with Gasteiger partial charge in [-0.2, -0.15) is 0 Å². The van der Waals surface area contributed by atoms with Crippen LogP contribution < -0.4 is 0 Å². The minimum atomic E-state index is 0.0881. The summed E-state index contributed by atoms with van der Waals surface area (Å²) in [5, 5.41) is 0. The number of hydrogen-bond acceptors (Lipinski definition) is 2. The van der Waals surface area contributed by atoms with Crippen LogP contribution >= 0.6 is 27.7 Å². The number of ketones is 1. The molecule has 1 nitrogen and oxygen atoms in total. The monoisotopic (exact) mass is 362 g/mol. The number of rotatable bonds is 3. The van der Waals surface area contributed by atoms with Gasteiger partial charge in [-0.1, -0.05) is 60.6 Å². The van der Waals surface area contributed by atoms with Crippen LogP contribution in [0.2, 0.25) is 0 Å². The van der Waals surface area contributed by atoms with Crippen molar-refractivity contribution in [3.05, 3.63) is 58.1 Å². The molecule has 0 N–H and O–H groups in total. The highest BCUT2D eigenvalue weighted by atomic mass is 79.9. The first-order valence-electron chi connectivity index (χ1n) is 6.86. The highest BCUT2D eigenvalue weighted by molar-refractivity contribution is 9.10. The molecule has 110 valence electrons. The Morgan fingerprint density at radius 1 is 1.05 bits per heavy atom. The van der Waals surface area contributed by atoms with Gasteiger partial charge in [-0.05, 0) is 48.2 Å². The first-order chi connectivity index (χ1) is 9.77. The van der Waals surface area contributed by atoms with Crippen LogP contribution in [0.1, 0.15) is 43.6 Å². The van der Waals surface area contributed by atoms with Crippen molar-refractivity contribution in [2.24, 2.45) is 0 Å². The van der Waals surface area contributed by atoms with Crippen molar-refractivity contribution < 1.29 is 4.79 Å². The van der Waals surface area contributed by atoms with Gasteiger partial charge in [-0.3, -0.25) is 4.79 Å². The van der Waals surface area contributed by atoms with E-state index in [0.29, 0.717) is 0 Å². The molecule has 2 aromatic rings. The Morgan fingerprint density at radius 2 is 1.67 bits per heavy atom. The van der Waals surface area contributed by atoms with E-state index in [2.05, 4.69) is 61.0 Å². The molecule has 2 aromatic carbocycles. The van der Waals surface area contributed by atoms with Crippen LogP contribution in [0, 0.1) is 0 Å². The van der Waals surface area contributed by atoms with E-state index in [1.165, 1.54) is 5.56 Å². The second-order valence-corrected chi connectivity index (χ2v) is 8.10. The number of Topliss-reactive ketones (excluding diaryl/α,β-unsaturated/α-hetero) is 1. The Kier molecular flexibility index (Phi) is 4.95. The summed E-state index contributed by atoms with van der Waals surface area (Å²) in [4.78, 5) is 13.9. The normalized spacial score (nSPS) is 11.5. The molecule has 3 heteroatoms. The zero-order valence-corrected chi connectivity index (χ0v) is 15.1. The fourth-order valence-electron chi connectivity index (χ4n) is 2.02. The van der Waals surface area contributed by atoms with Crippen LogP contribution in [0.3, 0.4) is 0 Å². The third kappa shape index (κ3) is 4.21. The van der Waals surface area contributed by atoms with Gasteiger partial charge in [-0.25, -0.2) is 0 Å². The molecule has 0 saturated carbocycles. The second-order valence-electron chi connectivity index (χ2n) is 6.07. The number of benzene rings is 2. The van der Waals surface area contributed by atoms with Crippen LogP contribution in [0.5, 0.6) is 0 Å². The molecule has 0 spiro atoms. The van der Waals surface area contributed by atoms with Crippen molar-refractivity contribution in [3.8, 4) is 0 Å². The highest BCUT2D eigenvalue weighted by Crippen LogP contribution is 2.33. The summed E-state index contributed by atoms with van der Waals surface area (Å²) in [7, 11) is 0. The van der Waals surface area contributed by atoms with E-state index < -0.39 is 0 Å². The molecule has 0 unspecified atom stereocenters. The summed E-state index contributed by atoms with van der Waals surface area (Å²) in [6, 6.07) is 14.4. The van der Waals surface area contributed by atoms with Gasteiger partial charge in [0.1, 0.15) is 0 Å². The van der Waals surface area contributed by atoms with Crippen molar-refractivity contribution in [2.45, 2.75) is 42.9 Å². The van der Waals surface area contributed by atoms with E-state index in [-0.39, 0.29) is 11.2 Å². The van der Waals surface area contributed by atoms with Crippen LogP contribution in [-0.2, 0) is 5.41 Å². The summed E-state index contributed by atoms with van der Waals surface area (Å²) in [6.07, 6.45) is 0. The smallest absolute Gasteiger partial charge is 0.160 e. The average molecular weight is 363 g/mol. The van der Waals surface area contributed by atoms with Gasteiger partial charge < -0.3 is 0 Å². The topological polar surface area (TPSA) is 17.1 Å². The lowest BCUT2D eigenvalue weighted by atomic mass is 9.87. The first kappa shape index (κ1) is 16.3. The maximum Gasteiger partial charge on any atom is 0.160 e. The van der Waals surface area contributed by atoms with E-state index in [0.717, 1.165) is 19.8 Å². The molecule has 0 atom stereocenters. The fraction of sp³-hybridized carbons (Fsp3) is 0.278. The molecule has 0 radical (unpaired) electrons. The van der Waals surface area contributed by atoms with E-state index in [1.807, 2.05) is 18.2 Å². The van der Waals surface area contributed by atoms with E-state index in [4.69, 9.17) is 0 Å². The molecule has 0 aliphatic rings. The maximum absolute atomic E-state index is 11.8. The number of hydrogen-bond donors (Lipinski definition) is 0. The molecule has 0 bridgehead atoms.